The molecule has 0 bridgehead atoms. The highest BCUT2D eigenvalue weighted by molar-refractivity contribution is 7.15. The maximum Gasteiger partial charge on any atom is 0.258 e. The molecule has 1 saturated heterocycles. The van der Waals surface area contributed by atoms with Crippen molar-refractivity contribution in [2.45, 2.75) is 51.1 Å². The lowest BCUT2D eigenvalue weighted by Gasteiger charge is -2.48. The molecule has 0 radical (unpaired) electrons. The first-order valence-electron chi connectivity index (χ1n) is 10.00. The predicted molar refractivity (Wildman–Crippen MR) is 110 cm³/mol. The van der Waals surface area contributed by atoms with Gasteiger partial charge in [-0.2, -0.15) is 0 Å². The summed E-state index contributed by atoms with van der Waals surface area (Å²) < 4.78 is 0. The molecule has 1 aliphatic carbocycles. The second-order valence-corrected chi connectivity index (χ2v) is 9.08. The Morgan fingerprint density at radius 2 is 2.00 bits per heavy atom. The number of aromatic nitrogens is 1. The topological polar surface area (TPSA) is 82.6 Å². The molecule has 1 unspecified atom stereocenters. The second-order valence-electron chi connectivity index (χ2n) is 8.00. The highest BCUT2D eigenvalue weighted by atomic mass is 32.1. The third-order valence-corrected chi connectivity index (χ3v) is 7.21. The van der Waals surface area contributed by atoms with E-state index in [0.29, 0.717) is 29.2 Å². The molecule has 1 aromatic carbocycles. The summed E-state index contributed by atoms with van der Waals surface area (Å²) in [6.07, 6.45) is 5.12. The number of nitrogens with zero attached hydrogens (tertiary/aromatic N) is 3. The number of hydrogen-bond donors (Lipinski definition) is 1. The van der Waals surface area contributed by atoms with Gasteiger partial charge >= 0.3 is 0 Å². The van der Waals surface area contributed by atoms with Gasteiger partial charge in [0.15, 0.2) is 5.13 Å². The Hall–Kier alpha value is -2.74. The van der Waals surface area contributed by atoms with Gasteiger partial charge in [-0.3, -0.25) is 19.3 Å². The van der Waals surface area contributed by atoms with E-state index < -0.39 is 5.66 Å². The van der Waals surface area contributed by atoms with E-state index in [4.69, 9.17) is 0 Å². The van der Waals surface area contributed by atoms with Crippen LogP contribution >= 0.6 is 11.3 Å². The average Bonchev–Trinajstić information content (AvgIpc) is 3.25. The number of hydrogen-bond acceptors (Lipinski definition) is 5. The van der Waals surface area contributed by atoms with Gasteiger partial charge < -0.3 is 10.2 Å². The fraction of sp³-hybridized carbons (Fsp3) is 0.429. The molecule has 0 saturated carbocycles. The number of carbonyl (C=O) groups excluding carboxylic acids is 3. The van der Waals surface area contributed by atoms with Crippen molar-refractivity contribution in [3.05, 3.63) is 40.4 Å². The lowest BCUT2D eigenvalue weighted by atomic mass is 9.98. The van der Waals surface area contributed by atoms with Crippen molar-refractivity contribution in [2.75, 3.05) is 16.8 Å². The van der Waals surface area contributed by atoms with Crippen molar-refractivity contribution >= 4 is 39.9 Å². The molecular formula is C21H22N4O3S. The van der Waals surface area contributed by atoms with Gasteiger partial charge in [-0.1, -0.05) is 12.1 Å². The molecule has 1 fully saturated rings. The summed E-state index contributed by atoms with van der Waals surface area (Å²) in [7, 11) is 0. The van der Waals surface area contributed by atoms with Crippen LogP contribution in [0.25, 0.3) is 0 Å². The van der Waals surface area contributed by atoms with Gasteiger partial charge in [0.2, 0.25) is 11.8 Å². The third-order valence-electron chi connectivity index (χ3n) is 6.14. The van der Waals surface area contributed by atoms with E-state index in [0.717, 1.165) is 31.4 Å². The van der Waals surface area contributed by atoms with Crippen molar-refractivity contribution in [3.63, 3.8) is 0 Å². The molecule has 1 N–H and O–H groups in total. The Labute approximate surface area is 172 Å². The van der Waals surface area contributed by atoms with Crippen molar-refractivity contribution in [1.82, 2.24) is 9.88 Å². The van der Waals surface area contributed by atoms with E-state index in [9.17, 15) is 14.4 Å². The van der Waals surface area contributed by atoms with Crippen LogP contribution in [0.5, 0.6) is 0 Å². The first-order valence-corrected chi connectivity index (χ1v) is 10.8. The Morgan fingerprint density at radius 3 is 2.83 bits per heavy atom. The molecule has 29 heavy (non-hydrogen) atoms. The van der Waals surface area contributed by atoms with E-state index >= 15 is 0 Å². The highest BCUT2D eigenvalue weighted by Crippen LogP contribution is 2.43. The van der Waals surface area contributed by atoms with Crippen LogP contribution in [0.15, 0.2) is 24.3 Å². The van der Waals surface area contributed by atoms with Gasteiger partial charge in [-0.15, -0.1) is 11.3 Å². The van der Waals surface area contributed by atoms with E-state index in [1.807, 2.05) is 13.0 Å². The molecule has 3 amide bonds. The maximum absolute atomic E-state index is 13.2. The number of para-hydroxylation sites is 1. The molecule has 3 aliphatic rings. The monoisotopic (exact) mass is 410 g/mol. The standard InChI is InChI=1S/C21H22N4O3S/c1-21-11-10-18(27)25(21)15-8-4-2-6-13(15)19(28)24(21)12-17(26)23-20-22-14-7-3-5-9-16(14)29-20/h2,4,6,8H,3,5,7,9-12H2,1H3,(H,22,23,26). The summed E-state index contributed by atoms with van der Waals surface area (Å²) in [5.41, 5.74) is 1.34. The van der Waals surface area contributed by atoms with Crippen LogP contribution < -0.4 is 10.2 Å². The normalized spacial score (nSPS) is 22.9. The van der Waals surface area contributed by atoms with Crippen molar-refractivity contribution < 1.29 is 14.4 Å². The zero-order chi connectivity index (χ0) is 20.2. The van der Waals surface area contributed by atoms with Gasteiger partial charge in [-0.05, 0) is 51.2 Å². The quantitative estimate of drug-likeness (QED) is 0.843. The van der Waals surface area contributed by atoms with Gasteiger partial charge in [0.05, 0.1) is 16.9 Å². The Kier molecular flexibility index (Phi) is 4.20. The van der Waals surface area contributed by atoms with Crippen LogP contribution in [-0.2, 0) is 22.4 Å². The summed E-state index contributed by atoms with van der Waals surface area (Å²) in [4.78, 5) is 47.6. The number of rotatable bonds is 3. The Balaban J connectivity index is 1.41. The number of thiazole rings is 1. The minimum Gasteiger partial charge on any atom is -0.306 e. The number of anilines is 2. The molecule has 2 aliphatic heterocycles. The molecule has 1 aromatic heterocycles. The third kappa shape index (κ3) is 2.85. The summed E-state index contributed by atoms with van der Waals surface area (Å²) in [5, 5.41) is 3.46. The summed E-state index contributed by atoms with van der Waals surface area (Å²) in [6.45, 7) is 1.75. The number of fused-ring (bicyclic) bond motifs is 4. The number of aryl methyl sites for hydroxylation is 2. The maximum atomic E-state index is 13.2. The largest absolute Gasteiger partial charge is 0.306 e. The van der Waals surface area contributed by atoms with Gasteiger partial charge in [0, 0.05) is 11.3 Å². The number of benzene rings is 1. The highest BCUT2D eigenvalue weighted by Gasteiger charge is 2.53. The van der Waals surface area contributed by atoms with E-state index in [-0.39, 0.29) is 24.3 Å². The van der Waals surface area contributed by atoms with E-state index in [1.165, 1.54) is 21.1 Å². The van der Waals surface area contributed by atoms with Crippen LogP contribution in [0.4, 0.5) is 10.8 Å². The van der Waals surface area contributed by atoms with Gasteiger partial charge in [-0.25, -0.2) is 4.98 Å². The first kappa shape index (κ1) is 18.3. The summed E-state index contributed by atoms with van der Waals surface area (Å²) in [6, 6.07) is 7.11. The van der Waals surface area contributed by atoms with E-state index in [1.54, 1.807) is 23.1 Å². The first-order chi connectivity index (χ1) is 14.0. The second kappa shape index (κ2) is 6.66. The number of carbonyl (C=O) groups is 3. The van der Waals surface area contributed by atoms with Crippen molar-refractivity contribution in [3.8, 4) is 0 Å². The minimum absolute atomic E-state index is 0.0227. The molecule has 3 heterocycles. The van der Waals surface area contributed by atoms with Gasteiger partial charge in [0.1, 0.15) is 12.2 Å². The molecule has 5 rings (SSSR count). The number of nitrogens with one attached hydrogen (secondary N) is 1. The fourth-order valence-electron chi connectivity index (χ4n) is 4.65. The van der Waals surface area contributed by atoms with Gasteiger partial charge in [0.25, 0.3) is 5.91 Å². The predicted octanol–water partition coefficient (Wildman–Crippen LogP) is 2.96. The van der Waals surface area contributed by atoms with Crippen LogP contribution in [0.1, 0.15) is 53.5 Å². The van der Waals surface area contributed by atoms with Crippen molar-refractivity contribution in [1.29, 1.82) is 0 Å². The molecule has 0 spiro atoms. The molecule has 7 nitrogen and oxygen atoms in total. The smallest absolute Gasteiger partial charge is 0.258 e. The molecular weight excluding hydrogens is 388 g/mol. The Morgan fingerprint density at radius 1 is 1.21 bits per heavy atom. The minimum atomic E-state index is -0.831. The SMILES string of the molecule is CC12CCC(=O)N1c1ccccc1C(=O)N2CC(=O)Nc1nc2c(s1)CCCC2. The average molecular weight is 410 g/mol. The lowest BCUT2D eigenvalue weighted by Crippen LogP contribution is -2.63. The van der Waals surface area contributed by atoms with E-state index in [2.05, 4.69) is 10.3 Å². The molecule has 2 aromatic rings. The van der Waals surface area contributed by atoms with Crippen molar-refractivity contribution in [2.24, 2.45) is 0 Å². The number of amides is 3. The van der Waals surface area contributed by atoms with Crippen LogP contribution in [0, 0.1) is 0 Å². The fourth-order valence-corrected chi connectivity index (χ4v) is 5.72. The molecule has 8 heteroatoms. The summed E-state index contributed by atoms with van der Waals surface area (Å²) >= 11 is 1.52. The van der Waals surface area contributed by atoms with Crippen LogP contribution in [-0.4, -0.2) is 39.8 Å². The zero-order valence-electron chi connectivity index (χ0n) is 16.2. The molecule has 150 valence electrons. The summed E-state index contributed by atoms with van der Waals surface area (Å²) in [5.74, 6) is -0.530. The molecule has 1 atom stereocenters. The zero-order valence-corrected chi connectivity index (χ0v) is 17.1. The van der Waals surface area contributed by atoms with Crippen LogP contribution in [0.2, 0.25) is 0 Å². The Bertz CT molecular complexity index is 1010. The van der Waals surface area contributed by atoms with Crippen LogP contribution in [0.3, 0.4) is 0 Å². The lowest BCUT2D eigenvalue weighted by molar-refractivity contribution is -0.120.